The Hall–Kier alpha value is -1.44. The summed E-state index contributed by atoms with van der Waals surface area (Å²) in [6, 6.07) is 5.09. The molecule has 1 heterocycles. The zero-order valence-corrected chi connectivity index (χ0v) is 12.4. The molecule has 1 N–H and O–H groups in total. The van der Waals surface area contributed by atoms with Crippen molar-refractivity contribution in [3.63, 3.8) is 0 Å². The molecule has 1 aliphatic heterocycles. The summed E-state index contributed by atoms with van der Waals surface area (Å²) in [6.07, 6.45) is -0.178. The first kappa shape index (κ1) is 14.0. The molecule has 0 bridgehead atoms. The van der Waals surface area contributed by atoms with Gasteiger partial charge in [0.05, 0.1) is 12.3 Å². The molecule has 0 radical (unpaired) electrons. The van der Waals surface area contributed by atoms with Gasteiger partial charge in [-0.1, -0.05) is 0 Å². The smallest absolute Gasteiger partial charge is 0.317 e. The maximum atomic E-state index is 12.3. The fourth-order valence-corrected chi connectivity index (χ4v) is 2.43. The van der Waals surface area contributed by atoms with E-state index in [4.69, 9.17) is 4.74 Å². The number of hydrogen-bond donors (Lipinski definition) is 1. The molecule has 0 aliphatic carbocycles. The molecule has 5 nitrogen and oxygen atoms in total. The van der Waals surface area contributed by atoms with E-state index in [1.807, 2.05) is 0 Å². The van der Waals surface area contributed by atoms with E-state index in [2.05, 4.69) is 27.9 Å². The monoisotopic (exact) mass is 373 g/mol. The van der Waals surface area contributed by atoms with Crippen molar-refractivity contribution in [2.45, 2.75) is 13.3 Å². The Labute approximate surface area is 123 Å². The van der Waals surface area contributed by atoms with Gasteiger partial charge in [0.25, 0.3) is 0 Å². The lowest BCUT2D eigenvalue weighted by Gasteiger charge is -2.10. The van der Waals surface area contributed by atoms with Crippen molar-refractivity contribution in [1.82, 2.24) is 0 Å². The van der Waals surface area contributed by atoms with Crippen LogP contribution in [-0.2, 0) is 14.3 Å². The number of carbonyl (C=O) groups excluding carboxylic acids is 3. The Bertz CT molecular complexity index is 556. The molecule has 1 atom stereocenters. The lowest BCUT2D eigenvalue weighted by Crippen LogP contribution is -2.27. The number of halogens is 1. The van der Waals surface area contributed by atoms with Crippen LogP contribution in [0.2, 0.25) is 0 Å². The number of hydrogen-bond acceptors (Lipinski definition) is 4. The number of rotatable bonds is 2. The summed E-state index contributed by atoms with van der Waals surface area (Å²) in [5, 5.41) is 2.65. The molecule has 100 valence electrons. The fraction of sp³-hybridized carbons (Fsp3) is 0.308. The van der Waals surface area contributed by atoms with E-state index < -0.39 is 11.9 Å². The molecule has 2 rings (SSSR count). The van der Waals surface area contributed by atoms with Crippen molar-refractivity contribution < 1.29 is 19.1 Å². The second-order valence-corrected chi connectivity index (χ2v) is 5.36. The minimum atomic E-state index is -1.05. The average molecular weight is 373 g/mol. The lowest BCUT2D eigenvalue weighted by molar-refractivity contribution is -0.147. The number of nitrogens with one attached hydrogen (secondary N) is 1. The SMILES string of the molecule is CCOC(=O)C1CC(=O)Nc2cc(I)ccc2C1=O. The van der Waals surface area contributed by atoms with Gasteiger partial charge < -0.3 is 10.1 Å². The average Bonchev–Trinajstić information content (AvgIpc) is 2.46. The van der Waals surface area contributed by atoms with Crippen molar-refractivity contribution in [2.24, 2.45) is 5.92 Å². The maximum absolute atomic E-state index is 12.3. The highest BCUT2D eigenvalue weighted by Crippen LogP contribution is 2.27. The molecule has 0 saturated carbocycles. The van der Waals surface area contributed by atoms with Crippen molar-refractivity contribution in [3.05, 3.63) is 27.3 Å². The van der Waals surface area contributed by atoms with E-state index in [0.29, 0.717) is 11.3 Å². The third kappa shape index (κ3) is 2.94. The third-order valence-electron chi connectivity index (χ3n) is 2.80. The van der Waals surface area contributed by atoms with Crippen LogP contribution in [0.3, 0.4) is 0 Å². The summed E-state index contributed by atoms with van der Waals surface area (Å²) >= 11 is 2.09. The van der Waals surface area contributed by atoms with E-state index in [0.717, 1.165) is 3.57 Å². The molecule has 1 aliphatic rings. The topological polar surface area (TPSA) is 72.5 Å². The highest BCUT2D eigenvalue weighted by molar-refractivity contribution is 14.1. The van der Waals surface area contributed by atoms with Gasteiger partial charge in [-0.2, -0.15) is 0 Å². The normalized spacial score (nSPS) is 18.3. The van der Waals surface area contributed by atoms with Gasteiger partial charge >= 0.3 is 5.97 Å². The first-order valence-corrected chi connectivity index (χ1v) is 6.91. The molecule has 6 heteroatoms. The number of ether oxygens (including phenoxy) is 1. The molecule has 0 aromatic heterocycles. The van der Waals surface area contributed by atoms with Crippen molar-refractivity contribution in [3.8, 4) is 0 Å². The molecule has 0 fully saturated rings. The molecule has 1 aromatic carbocycles. The summed E-state index contributed by atoms with van der Waals surface area (Å²) in [4.78, 5) is 35.8. The van der Waals surface area contributed by atoms with E-state index in [1.54, 1.807) is 25.1 Å². The summed E-state index contributed by atoms with van der Waals surface area (Å²) in [6.45, 7) is 1.85. The van der Waals surface area contributed by atoms with Crippen LogP contribution >= 0.6 is 22.6 Å². The van der Waals surface area contributed by atoms with Gasteiger partial charge in [0, 0.05) is 15.6 Å². The first-order valence-electron chi connectivity index (χ1n) is 5.83. The largest absolute Gasteiger partial charge is 0.465 e. The minimum absolute atomic E-state index is 0.178. The van der Waals surface area contributed by atoms with E-state index >= 15 is 0 Å². The zero-order chi connectivity index (χ0) is 14.0. The molecule has 1 amide bonds. The second-order valence-electron chi connectivity index (χ2n) is 4.11. The number of ketones is 1. The molecule has 1 aromatic rings. The molecule has 19 heavy (non-hydrogen) atoms. The van der Waals surface area contributed by atoms with Crippen molar-refractivity contribution >= 4 is 45.9 Å². The third-order valence-corrected chi connectivity index (χ3v) is 3.47. The summed E-state index contributed by atoms with van der Waals surface area (Å²) in [5.74, 6) is -2.43. The van der Waals surface area contributed by atoms with Crippen LogP contribution in [0, 0.1) is 9.49 Å². The Morgan fingerprint density at radius 3 is 2.89 bits per heavy atom. The first-order chi connectivity index (χ1) is 9.02. The Morgan fingerprint density at radius 2 is 2.21 bits per heavy atom. The Kier molecular flexibility index (Phi) is 4.18. The van der Waals surface area contributed by atoms with Crippen molar-refractivity contribution in [1.29, 1.82) is 0 Å². The molecule has 1 unspecified atom stereocenters. The van der Waals surface area contributed by atoms with Gasteiger partial charge in [0.1, 0.15) is 5.92 Å². The minimum Gasteiger partial charge on any atom is -0.465 e. The molecule has 0 saturated heterocycles. The van der Waals surface area contributed by atoms with Crippen LogP contribution in [0.25, 0.3) is 0 Å². The molecule has 0 spiro atoms. The highest BCUT2D eigenvalue weighted by Gasteiger charge is 2.35. The number of fused-ring (bicyclic) bond motifs is 1. The predicted octanol–water partition coefficient (Wildman–Crippen LogP) is 2.00. The Morgan fingerprint density at radius 1 is 1.47 bits per heavy atom. The predicted molar refractivity (Wildman–Crippen MR) is 76.9 cm³/mol. The van der Waals surface area contributed by atoms with Gasteiger partial charge in [-0.3, -0.25) is 14.4 Å². The quantitative estimate of drug-likeness (QED) is 0.489. The van der Waals surface area contributed by atoms with Gasteiger partial charge in [-0.15, -0.1) is 0 Å². The standard InChI is InChI=1S/C13H12INO4/c1-2-19-13(18)9-6-11(16)15-10-5-7(14)3-4-8(10)12(9)17/h3-5,9H,2,6H2,1H3,(H,15,16). The second kappa shape index (κ2) is 5.68. The van der Waals surface area contributed by atoms with Crippen LogP contribution in [-0.4, -0.2) is 24.3 Å². The van der Waals surface area contributed by atoms with E-state index in [1.165, 1.54) is 0 Å². The van der Waals surface area contributed by atoms with E-state index in [9.17, 15) is 14.4 Å². The number of carbonyl (C=O) groups is 3. The summed E-state index contributed by atoms with van der Waals surface area (Å²) in [7, 11) is 0. The van der Waals surface area contributed by atoms with Crippen LogP contribution in [0.5, 0.6) is 0 Å². The van der Waals surface area contributed by atoms with Gasteiger partial charge in [0.2, 0.25) is 5.91 Å². The Balaban J connectivity index is 2.41. The number of anilines is 1. The number of amides is 1. The fourth-order valence-electron chi connectivity index (χ4n) is 1.94. The van der Waals surface area contributed by atoms with Gasteiger partial charge in [-0.25, -0.2) is 0 Å². The number of Topliss-reactive ketones (excluding diaryl/α,β-unsaturated/α-hetero) is 1. The van der Waals surface area contributed by atoms with Gasteiger partial charge in [-0.05, 0) is 47.7 Å². The molecular weight excluding hydrogens is 361 g/mol. The summed E-state index contributed by atoms with van der Waals surface area (Å²) < 4.78 is 5.76. The maximum Gasteiger partial charge on any atom is 0.317 e. The lowest BCUT2D eigenvalue weighted by atomic mass is 9.95. The van der Waals surface area contributed by atoms with Crippen LogP contribution in [0.15, 0.2) is 18.2 Å². The van der Waals surface area contributed by atoms with Crippen LogP contribution in [0.1, 0.15) is 23.7 Å². The summed E-state index contributed by atoms with van der Waals surface area (Å²) in [5.41, 5.74) is 0.804. The number of benzene rings is 1. The van der Waals surface area contributed by atoms with Crippen molar-refractivity contribution in [2.75, 3.05) is 11.9 Å². The van der Waals surface area contributed by atoms with Crippen LogP contribution in [0.4, 0.5) is 5.69 Å². The number of esters is 1. The highest BCUT2D eigenvalue weighted by atomic mass is 127. The van der Waals surface area contributed by atoms with Gasteiger partial charge in [0.15, 0.2) is 5.78 Å². The van der Waals surface area contributed by atoms with Crippen LogP contribution < -0.4 is 5.32 Å². The molecular formula is C13H12INO4. The van der Waals surface area contributed by atoms with E-state index in [-0.39, 0.29) is 24.7 Å². The zero-order valence-electron chi connectivity index (χ0n) is 10.2.